The maximum atomic E-state index is 5.29. The van der Waals surface area contributed by atoms with Crippen molar-refractivity contribution in [1.29, 1.82) is 0 Å². The van der Waals surface area contributed by atoms with Crippen molar-refractivity contribution in [2.24, 2.45) is 0 Å². The Balaban J connectivity index is 0.000001000. The quantitative estimate of drug-likeness (QED) is 0.660. The fourth-order valence-electron chi connectivity index (χ4n) is 1.52. The van der Waals surface area contributed by atoms with Gasteiger partial charge in [0.05, 0.1) is 6.10 Å². The van der Waals surface area contributed by atoms with E-state index in [-0.39, 0.29) is 17.9 Å². The Hall–Kier alpha value is 0.210. The summed E-state index contributed by atoms with van der Waals surface area (Å²) in [4.78, 5) is 0. The molecule has 1 atom stereocenters. The summed E-state index contributed by atoms with van der Waals surface area (Å²) >= 11 is 0. The third-order valence-corrected chi connectivity index (χ3v) is 2.14. The molecule has 0 amide bonds. The van der Waals surface area contributed by atoms with E-state index in [1.807, 2.05) is 0 Å². The topological polar surface area (TPSA) is 21.3 Å². The molecule has 1 rings (SSSR count). The molecule has 0 aromatic heterocycles. The van der Waals surface area contributed by atoms with Crippen LogP contribution in [-0.2, 0) is 4.74 Å². The van der Waals surface area contributed by atoms with Crippen LogP contribution in [0.3, 0.4) is 0 Å². The standard InChI is InChI=1S/C8H17NO.ClH/c1-8(2)6-7(10-3)4-5-9-8;/h7,9H,4-6H2,1-3H3;1H. The molecule has 0 aliphatic carbocycles. The predicted octanol–water partition coefficient (Wildman–Crippen LogP) is 1.59. The second-order valence-electron chi connectivity index (χ2n) is 3.66. The minimum atomic E-state index is 0. The summed E-state index contributed by atoms with van der Waals surface area (Å²) < 4.78 is 5.29. The molecule has 11 heavy (non-hydrogen) atoms. The first-order chi connectivity index (χ1) is 4.64. The van der Waals surface area contributed by atoms with E-state index in [0.717, 1.165) is 19.4 Å². The molecular weight excluding hydrogens is 162 g/mol. The SMILES string of the molecule is COC1CCNC(C)(C)C1.Cl. The Labute approximate surface area is 75.1 Å². The van der Waals surface area contributed by atoms with Crippen LogP contribution in [0.25, 0.3) is 0 Å². The van der Waals surface area contributed by atoms with Crippen molar-refractivity contribution in [1.82, 2.24) is 5.32 Å². The highest BCUT2D eigenvalue weighted by Gasteiger charge is 2.26. The maximum absolute atomic E-state index is 5.29. The van der Waals surface area contributed by atoms with Gasteiger partial charge in [0.1, 0.15) is 0 Å². The summed E-state index contributed by atoms with van der Waals surface area (Å²) in [7, 11) is 1.80. The van der Waals surface area contributed by atoms with E-state index in [9.17, 15) is 0 Å². The first-order valence-electron chi connectivity index (χ1n) is 3.92. The van der Waals surface area contributed by atoms with Crippen molar-refractivity contribution < 1.29 is 4.74 Å². The van der Waals surface area contributed by atoms with E-state index in [4.69, 9.17) is 4.74 Å². The lowest BCUT2D eigenvalue weighted by atomic mass is 9.91. The summed E-state index contributed by atoms with van der Waals surface area (Å²) in [6.07, 6.45) is 2.75. The van der Waals surface area contributed by atoms with Gasteiger partial charge in [-0.2, -0.15) is 0 Å². The Morgan fingerprint density at radius 3 is 2.45 bits per heavy atom. The Bertz CT molecular complexity index is 117. The van der Waals surface area contributed by atoms with E-state index in [1.54, 1.807) is 7.11 Å². The van der Waals surface area contributed by atoms with Gasteiger partial charge in [0, 0.05) is 12.6 Å². The highest BCUT2D eigenvalue weighted by Crippen LogP contribution is 2.19. The highest BCUT2D eigenvalue weighted by atomic mass is 35.5. The van der Waals surface area contributed by atoms with Gasteiger partial charge in [-0.3, -0.25) is 0 Å². The maximum Gasteiger partial charge on any atom is 0.0600 e. The number of halogens is 1. The second kappa shape index (κ2) is 4.29. The zero-order valence-corrected chi connectivity index (χ0v) is 8.33. The van der Waals surface area contributed by atoms with Gasteiger partial charge in [-0.15, -0.1) is 12.4 Å². The monoisotopic (exact) mass is 179 g/mol. The Morgan fingerprint density at radius 2 is 2.09 bits per heavy atom. The van der Waals surface area contributed by atoms with Crippen LogP contribution >= 0.6 is 12.4 Å². The van der Waals surface area contributed by atoms with Crippen molar-refractivity contribution in [2.45, 2.75) is 38.3 Å². The number of methoxy groups -OCH3 is 1. The molecule has 68 valence electrons. The summed E-state index contributed by atoms with van der Waals surface area (Å²) in [6, 6.07) is 0. The Kier molecular flexibility index (Phi) is 4.37. The minimum absolute atomic E-state index is 0. The molecule has 0 spiro atoms. The smallest absolute Gasteiger partial charge is 0.0600 e. The van der Waals surface area contributed by atoms with Crippen LogP contribution in [-0.4, -0.2) is 25.3 Å². The Morgan fingerprint density at radius 1 is 1.45 bits per heavy atom. The van der Waals surface area contributed by atoms with Gasteiger partial charge in [0.15, 0.2) is 0 Å². The van der Waals surface area contributed by atoms with Crippen molar-refractivity contribution >= 4 is 12.4 Å². The number of rotatable bonds is 1. The molecule has 1 N–H and O–H groups in total. The highest BCUT2D eigenvalue weighted by molar-refractivity contribution is 5.85. The number of piperidine rings is 1. The van der Waals surface area contributed by atoms with E-state index in [0.29, 0.717) is 6.10 Å². The van der Waals surface area contributed by atoms with Gasteiger partial charge < -0.3 is 10.1 Å². The van der Waals surface area contributed by atoms with Crippen molar-refractivity contribution in [3.63, 3.8) is 0 Å². The first kappa shape index (κ1) is 11.2. The van der Waals surface area contributed by atoms with Crippen LogP contribution in [0, 0.1) is 0 Å². The number of nitrogens with one attached hydrogen (secondary N) is 1. The summed E-state index contributed by atoms with van der Waals surface area (Å²) in [6.45, 7) is 5.53. The van der Waals surface area contributed by atoms with Crippen LogP contribution in [0.4, 0.5) is 0 Å². The molecule has 0 saturated carbocycles. The lowest BCUT2D eigenvalue weighted by Crippen LogP contribution is -2.48. The zero-order chi connectivity index (χ0) is 7.61. The molecule has 0 radical (unpaired) electrons. The molecule has 1 saturated heterocycles. The van der Waals surface area contributed by atoms with Crippen LogP contribution in [0.5, 0.6) is 0 Å². The normalized spacial score (nSPS) is 29.2. The predicted molar refractivity (Wildman–Crippen MR) is 49.4 cm³/mol. The van der Waals surface area contributed by atoms with Gasteiger partial charge in [-0.05, 0) is 33.2 Å². The molecule has 0 aromatic carbocycles. The molecule has 1 heterocycles. The molecule has 2 nitrogen and oxygen atoms in total. The third kappa shape index (κ3) is 3.41. The second-order valence-corrected chi connectivity index (χ2v) is 3.66. The fraction of sp³-hybridized carbons (Fsp3) is 1.00. The number of ether oxygens (including phenoxy) is 1. The van der Waals surface area contributed by atoms with E-state index in [1.165, 1.54) is 0 Å². The summed E-state index contributed by atoms with van der Waals surface area (Å²) in [5.74, 6) is 0. The van der Waals surface area contributed by atoms with Gasteiger partial charge in [-0.1, -0.05) is 0 Å². The summed E-state index contributed by atoms with van der Waals surface area (Å²) in [5, 5.41) is 3.44. The van der Waals surface area contributed by atoms with Crippen molar-refractivity contribution in [3.8, 4) is 0 Å². The van der Waals surface area contributed by atoms with Crippen LogP contribution < -0.4 is 5.32 Å². The molecule has 1 aliphatic heterocycles. The minimum Gasteiger partial charge on any atom is -0.381 e. The van der Waals surface area contributed by atoms with E-state index in [2.05, 4.69) is 19.2 Å². The van der Waals surface area contributed by atoms with Crippen LogP contribution in [0.15, 0.2) is 0 Å². The van der Waals surface area contributed by atoms with E-state index < -0.39 is 0 Å². The molecule has 0 bridgehead atoms. The number of hydrogen-bond acceptors (Lipinski definition) is 2. The fourth-order valence-corrected chi connectivity index (χ4v) is 1.52. The molecule has 1 aliphatic rings. The lowest BCUT2D eigenvalue weighted by molar-refractivity contribution is 0.0446. The average Bonchev–Trinajstić information content (AvgIpc) is 1.86. The zero-order valence-electron chi connectivity index (χ0n) is 7.52. The molecule has 1 unspecified atom stereocenters. The largest absolute Gasteiger partial charge is 0.381 e. The van der Waals surface area contributed by atoms with Crippen molar-refractivity contribution in [3.05, 3.63) is 0 Å². The molecule has 3 heteroatoms. The molecule has 1 fully saturated rings. The molecule has 0 aromatic rings. The summed E-state index contributed by atoms with van der Waals surface area (Å²) in [5.41, 5.74) is 0.277. The van der Waals surface area contributed by atoms with Crippen molar-refractivity contribution in [2.75, 3.05) is 13.7 Å². The van der Waals surface area contributed by atoms with E-state index >= 15 is 0 Å². The van der Waals surface area contributed by atoms with Gasteiger partial charge >= 0.3 is 0 Å². The first-order valence-corrected chi connectivity index (χ1v) is 3.92. The lowest BCUT2D eigenvalue weighted by Gasteiger charge is -2.35. The third-order valence-electron chi connectivity index (χ3n) is 2.14. The van der Waals surface area contributed by atoms with Crippen LogP contribution in [0.1, 0.15) is 26.7 Å². The van der Waals surface area contributed by atoms with Gasteiger partial charge in [0.25, 0.3) is 0 Å². The van der Waals surface area contributed by atoms with Gasteiger partial charge in [0.2, 0.25) is 0 Å². The average molecular weight is 180 g/mol. The molecular formula is C8H18ClNO. The van der Waals surface area contributed by atoms with Crippen LogP contribution in [0.2, 0.25) is 0 Å². The van der Waals surface area contributed by atoms with Gasteiger partial charge in [-0.25, -0.2) is 0 Å². The number of hydrogen-bond donors (Lipinski definition) is 1.